The molecule has 0 saturated heterocycles. The van der Waals surface area contributed by atoms with Gasteiger partial charge in [-0.25, -0.2) is 0 Å². The van der Waals surface area contributed by atoms with E-state index in [9.17, 15) is 0 Å². The molecule has 2 nitrogen and oxygen atoms in total. The summed E-state index contributed by atoms with van der Waals surface area (Å²) < 4.78 is 11.9. The first-order valence-electron chi connectivity index (χ1n) is 5.76. The highest BCUT2D eigenvalue weighted by molar-refractivity contribution is 9.10. The third kappa shape index (κ3) is 2.41. The van der Waals surface area contributed by atoms with E-state index in [-0.39, 0.29) is 5.38 Å². The molecule has 0 fully saturated rings. The number of benzene rings is 1. The summed E-state index contributed by atoms with van der Waals surface area (Å²) in [6.45, 7) is 0. The van der Waals surface area contributed by atoms with Crippen molar-refractivity contribution in [3.8, 4) is 11.5 Å². The summed E-state index contributed by atoms with van der Waals surface area (Å²) in [5.41, 5.74) is 2.36. The number of rotatable bonds is 2. The molecule has 0 heterocycles. The van der Waals surface area contributed by atoms with Crippen molar-refractivity contribution < 1.29 is 9.47 Å². The molecule has 0 aliphatic heterocycles. The predicted octanol–water partition coefficient (Wildman–Crippen LogP) is 4.47. The lowest BCUT2D eigenvalue weighted by atomic mass is 10.0. The second-order valence-corrected chi connectivity index (χ2v) is 5.58. The van der Waals surface area contributed by atoms with Crippen LogP contribution in [0.2, 0.25) is 0 Å². The summed E-state index contributed by atoms with van der Waals surface area (Å²) in [7, 11) is 3.32. The van der Waals surface area contributed by atoms with Gasteiger partial charge in [-0.1, -0.05) is 22.4 Å². The topological polar surface area (TPSA) is 18.5 Å². The van der Waals surface area contributed by atoms with Crippen molar-refractivity contribution in [3.63, 3.8) is 0 Å². The molecule has 0 bridgehead atoms. The van der Waals surface area contributed by atoms with Gasteiger partial charge in [-0.05, 0) is 30.9 Å². The van der Waals surface area contributed by atoms with E-state index in [1.165, 1.54) is 12.0 Å². The first-order valence-corrected chi connectivity index (χ1v) is 6.99. The molecule has 0 radical (unpaired) electrons. The molecule has 94 valence electrons. The summed E-state index contributed by atoms with van der Waals surface area (Å²) in [6, 6.07) is 1.96. The lowest BCUT2D eigenvalue weighted by molar-refractivity contribution is 0.350. The fourth-order valence-electron chi connectivity index (χ4n) is 2.38. The highest BCUT2D eigenvalue weighted by Crippen LogP contribution is 2.46. The van der Waals surface area contributed by atoms with Gasteiger partial charge in [0.15, 0.2) is 11.5 Å². The Morgan fingerprint density at radius 1 is 1.29 bits per heavy atom. The highest BCUT2D eigenvalue weighted by Gasteiger charge is 2.25. The zero-order chi connectivity index (χ0) is 12.4. The van der Waals surface area contributed by atoms with Gasteiger partial charge in [0.1, 0.15) is 0 Å². The lowest BCUT2D eigenvalue weighted by Crippen LogP contribution is -2.02. The van der Waals surface area contributed by atoms with Crippen LogP contribution in [0, 0.1) is 0 Å². The average molecular weight is 320 g/mol. The number of hydrogen-bond acceptors (Lipinski definition) is 2. The molecule has 1 aromatic carbocycles. The number of alkyl halides is 1. The van der Waals surface area contributed by atoms with E-state index in [0.717, 1.165) is 40.8 Å². The monoisotopic (exact) mass is 318 g/mol. The molecule has 17 heavy (non-hydrogen) atoms. The summed E-state index contributed by atoms with van der Waals surface area (Å²) in [5.74, 6) is 1.53. The van der Waals surface area contributed by atoms with Crippen molar-refractivity contribution in [2.45, 2.75) is 31.1 Å². The minimum atomic E-state index is 0.00819. The standard InChI is InChI=1S/C13H16BrClO2/c1-16-11-7-9(14)8-5-3-4-6-10(15)12(8)13(11)17-2/h7,10H,3-6H2,1-2H3. The van der Waals surface area contributed by atoms with Gasteiger partial charge in [-0.15, -0.1) is 11.6 Å². The maximum atomic E-state index is 6.48. The zero-order valence-corrected chi connectivity index (χ0v) is 12.4. The van der Waals surface area contributed by atoms with Gasteiger partial charge in [-0.3, -0.25) is 0 Å². The van der Waals surface area contributed by atoms with Gasteiger partial charge in [0.05, 0.1) is 19.6 Å². The number of fused-ring (bicyclic) bond motifs is 1. The lowest BCUT2D eigenvalue weighted by Gasteiger charge is -2.19. The van der Waals surface area contributed by atoms with Crippen LogP contribution in [0.3, 0.4) is 0 Å². The van der Waals surface area contributed by atoms with Gasteiger partial charge < -0.3 is 9.47 Å². The maximum absolute atomic E-state index is 6.48. The third-order valence-electron chi connectivity index (χ3n) is 3.21. The number of methoxy groups -OCH3 is 2. The fourth-order valence-corrected chi connectivity index (χ4v) is 3.39. The summed E-state index contributed by atoms with van der Waals surface area (Å²) in [5, 5.41) is 0.00819. The predicted molar refractivity (Wildman–Crippen MR) is 73.4 cm³/mol. The molecule has 2 rings (SSSR count). The first kappa shape index (κ1) is 13.0. The van der Waals surface area contributed by atoms with E-state index in [0.29, 0.717) is 0 Å². The molecule has 1 atom stereocenters. The molecule has 0 spiro atoms. The van der Waals surface area contributed by atoms with E-state index in [2.05, 4.69) is 15.9 Å². The van der Waals surface area contributed by atoms with Crippen molar-refractivity contribution in [1.29, 1.82) is 0 Å². The summed E-state index contributed by atoms with van der Waals surface area (Å²) in [4.78, 5) is 0. The molecule has 4 heteroatoms. The molecule has 0 saturated carbocycles. The van der Waals surface area contributed by atoms with E-state index in [1.807, 2.05) is 6.07 Å². The van der Waals surface area contributed by atoms with Crippen LogP contribution in [-0.2, 0) is 6.42 Å². The van der Waals surface area contributed by atoms with Gasteiger partial charge in [-0.2, -0.15) is 0 Å². The van der Waals surface area contributed by atoms with E-state index >= 15 is 0 Å². The van der Waals surface area contributed by atoms with Crippen LogP contribution in [0.15, 0.2) is 10.5 Å². The Morgan fingerprint density at radius 3 is 2.71 bits per heavy atom. The van der Waals surface area contributed by atoms with Crippen molar-refractivity contribution in [2.24, 2.45) is 0 Å². The highest BCUT2D eigenvalue weighted by atomic mass is 79.9. The van der Waals surface area contributed by atoms with Crippen molar-refractivity contribution in [1.82, 2.24) is 0 Å². The van der Waals surface area contributed by atoms with Gasteiger partial charge in [0.2, 0.25) is 0 Å². The molecule has 0 aromatic heterocycles. The van der Waals surface area contributed by atoms with Gasteiger partial charge in [0.25, 0.3) is 0 Å². The smallest absolute Gasteiger partial charge is 0.165 e. The first-order chi connectivity index (χ1) is 8.19. The Morgan fingerprint density at radius 2 is 2.06 bits per heavy atom. The zero-order valence-electron chi connectivity index (χ0n) is 10.1. The Hall–Kier alpha value is -0.410. The maximum Gasteiger partial charge on any atom is 0.165 e. The Kier molecular flexibility index (Phi) is 4.21. The van der Waals surface area contributed by atoms with Crippen molar-refractivity contribution in [2.75, 3.05) is 14.2 Å². The van der Waals surface area contributed by atoms with E-state index in [4.69, 9.17) is 21.1 Å². The molecule has 1 unspecified atom stereocenters. The molecule has 1 aliphatic rings. The number of halogens is 2. The Labute approximate surface area is 115 Å². The van der Waals surface area contributed by atoms with Crippen LogP contribution in [-0.4, -0.2) is 14.2 Å². The van der Waals surface area contributed by atoms with Crippen LogP contribution in [0.5, 0.6) is 11.5 Å². The molecule has 0 N–H and O–H groups in total. The van der Waals surface area contributed by atoms with Crippen LogP contribution in [0.25, 0.3) is 0 Å². The van der Waals surface area contributed by atoms with Crippen molar-refractivity contribution in [3.05, 3.63) is 21.7 Å². The molecule has 0 amide bonds. The van der Waals surface area contributed by atoms with Crippen molar-refractivity contribution >= 4 is 27.5 Å². The minimum absolute atomic E-state index is 0.00819. The molecular weight excluding hydrogens is 303 g/mol. The molecule has 1 aromatic rings. The normalized spacial score (nSPS) is 19.4. The molecular formula is C13H16BrClO2. The quantitative estimate of drug-likeness (QED) is 0.591. The van der Waals surface area contributed by atoms with E-state index < -0.39 is 0 Å². The fraction of sp³-hybridized carbons (Fsp3) is 0.538. The minimum Gasteiger partial charge on any atom is -0.493 e. The SMILES string of the molecule is COc1cc(Br)c2c(c1OC)C(Cl)CCCC2. The summed E-state index contributed by atoms with van der Waals surface area (Å²) in [6.07, 6.45) is 4.36. The average Bonchev–Trinajstić information content (AvgIpc) is 2.52. The third-order valence-corrected chi connectivity index (χ3v) is 4.36. The van der Waals surface area contributed by atoms with Gasteiger partial charge >= 0.3 is 0 Å². The number of ether oxygens (including phenoxy) is 2. The Balaban J connectivity index is 2.64. The summed E-state index contributed by atoms with van der Waals surface area (Å²) >= 11 is 10.1. The van der Waals surface area contributed by atoms with Crippen LogP contribution in [0.4, 0.5) is 0 Å². The van der Waals surface area contributed by atoms with Gasteiger partial charge in [0, 0.05) is 10.0 Å². The largest absolute Gasteiger partial charge is 0.493 e. The van der Waals surface area contributed by atoms with E-state index in [1.54, 1.807) is 14.2 Å². The van der Waals surface area contributed by atoms with Crippen LogP contribution < -0.4 is 9.47 Å². The van der Waals surface area contributed by atoms with Crippen LogP contribution >= 0.6 is 27.5 Å². The second kappa shape index (κ2) is 5.49. The molecule has 1 aliphatic carbocycles. The number of hydrogen-bond donors (Lipinski definition) is 0. The van der Waals surface area contributed by atoms with Crippen LogP contribution in [0.1, 0.15) is 35.8 Å². The Bertz CT molecular complexity index is 420. The second-order valence-electron chi connectivity index (χ2n) is 4.20.